The smallest absolute Gasteiger partial charge is 0.0471 e. The van der Waals surface area contributed by atoms with Gasteiger partial charge in [0.25, 0.3) is 0 Å². The SMILES string of the molecule is ClC1CC(I)CC1Br. The molecule has 0 N–H and O–H groups in total. The fourth-order valence-corrected chi connectivity index (χ4v) is 3.96. The Balaban J connectivity index is 2.39. The maximum Gasteiger partial charge on any atom is 0.0471 e. The molecule has 0 nitrogen and oxygen atoms in total. The first-order valence-corrected chi connectivity index (χ1v) is 5.22. The molecule has 0 spiro atoms. The van der Waals surface area contributed by atoms with Gasteiger partial charge < -0.3 is 0 Å². The first kappa shape index (κ1) is 7.61. The molecule has 1 aliphatic carbocycles. The lowest BCUT2D eigenvalue weighted by molar-refractivity contribution is 0.927. The summed E-state index contributed by atoms with van der Waals surface area (Å²) in [6.45, 7) is 0. The molecule has 0 amide bonds. The van der Waals surface area contributed by atoms with E-state index in [1.165, 1.54) is 6.42 Å². The second-order valence-electron chi connectivity index (χ2n) is 2.10. The minimum absolute atomic E-state index is 0.372. The normalized spacial score (nSPS) is 47.6. The van der Waals surface area contributed by atoms with Crippen LogP contribution in [-0.2, 0) is 0 Å². The quantitative estimate of drug-likeness (QED) is 0.477. The van der Waals surface area contributed by atoms with Crippen molar-refractivity contribution in [2.45, 2.75) is 27.0 Å². The standard InChI is InChI=1S/C5H7BrClI/c6-4-1-3(8)2-5(4)7/h3-5H,1-2H2. The van der Waals surface area contributed by atoms with Crippen molar-refractivity contribution in [1.82, 2.24) is 0 Å². The van der Waals surface area contributed by atoms with Crippen LogP contribution in [0.2, 0.25) is 0 Å². The van der Waals surface area contributed by atoms with Crippen LogP contribution in [0.4, 0.5) is 0 Å². The summed E-state index contributed by atoms with van der Waals surface area (Å²) in [6.07, 6.45) is 2.40. The Labute approximate surface area is 76.6 Å². The van der Waals surface area contributed by atoms with E-state index in [4.69, 9.17) is 11.6 Å². The van der Waals surface area contributed by atoms with E-state index in [9.17, 15) is 0 Å². The fraction of sp³-hybridized carbons (Fsp3) is 1.00. The summed E-state index contributed by atoms with van der Waals surface area (Å²) in [7, 11) is 0. The van der Waals surface area contributed by atoms with Crippen molar-refractivity contribution in [2.24, 2.45) is 0 Å². The van der Waals surface area contributed by atoms with Crippen LogP contribution >= 0.6 is 50.1 Å². The Hall–Kier alpha value is 1.50. The molecule has 0 aromatic carbocycles. The first-order chi connectivity index (χ1) is 3.70. The zero-order valence-electron chi connectivity index (χ0n) is 4.28. The summed E-state index contributed by atoms with van der Waals surface area (Å²) in [6, 6.07) is 0. The molecule has 3 heteroatoms. The van der Waals surface area contributed by atoms with Crippen molar-refractivity contribution in [3.63, 3.8) is 0 Å². The van der Waals surface area contributed by atoms with E-state index >= 15 is 0 Å². The van der Waals surface area contributed by atoms with E-state index in [1.54, 1.807) is 0 Å². The van der Waals surface area contributed by atoms with Crippen molar-refractivity contribution >= 4 is 50.1 Å². The predicted octanol–water partition coefficient (Wildman–Crippen LogP) is 2.95. The van der Waals surface area contributed by atoms with Crippen LogP contribution in [0.1, 0.15) is 12.8 Å². The summed E-state index contributed by atoms with van der Waals surface area (Å²) in [4.78, 5) is 0.561. The highest BCUT2D eigenvalue weighted by atomic mass is 127. The molecule has 48 valence electrons. The second-order valence-corrected chi connectivity index (χ2v) is 5.60. The molecule has 8 heavy (non-hydrogen) atoms. The van der Waals surface area contributed by atoms with Gasteiger partial charge in [-0.2, -0.15) is 0 Å². The van der Waals surface area contributed by atoms with Crippen molar-refractivity contribution in [1.29, 1.82) is 0 Å². The summed E-state index contributed by atoms with van der Waals surface area (Å²) in [5.74, 6) is 0. The van der Waals surface area contributed by atoms with Crippen LogP contribution in [0.3, 0.4) is 0 Å². The molecule has 0 aromatic heterocycles. The van der Waals surface area contributed by atoms with E-state index in [1.807, 2.05) is 0 Å². The average Bonchev–Trinajstić information content (AvgIpc) is 1.85. The Morgan fingerprint density at radius 1 is 1.50 bits per heavy atom. The summed E-state index contributed by atoms with van der Waals surface area (Å²) in [5.41, 5.74) is 0. The Kier molecular flexibility index (Phi) is 2.91. The number of halogens is 3. The Morgan fingerprint density at radius 2 is 2.12 bits per heavy atom. The topological polar surface area (TPSA) is 0 Å². The van der Waals surface area contributed by atoms with E-state index in [0.717, 1.165) is 10.3 Å². The molecule has 1 saturated carbocycles. The minimum Gasteiger partial charge on any atom is -0.122 e. The zero-order valence-corrected chi connectivity index (χ0v) is 8.78. The lowest BCUT2D eigenvalue weighted by Crippen LogP contribution is -2.02. The highest BCUT2D eigenvalue weighted by Crippen LogP contribution is 2.34. The molecule has 1 aliphatic rings. The van der Waals surface area contributed by atoms with Crippen LogP contribution < -0.4 is 0 Å². The van der Waals surface area contributed by atoms with E-state index in [2.05, 4.69) is 38.5 Å². The summed E-state index contributed by atoms with van der Waals surface area (Å²) >= 11 is 11.9. The molecule has 0 heterocycles. The van der Waals surface area contributed by atoms with Gasteiger partial charge in [-0.1, -0.05) is 38.5 Å². The largest absolute Gasteiger partial charge is 0.122 e. The minimum atomic E-state index is 0.372. The van der Waals surface area contributed by atoms with E-state index in [-0.39, 0.29) is 0 Å². The molecule has 0 aliphatic heterocycles. The van der Waals surface area contributed by atoms with Crippen molar-refractivity contribution in [2.75, 3.05) is 0 Å². The Morgan fingerprint density at radius 3 is 2.25 bits per heavy atom. The van der Waals surface area contributed by atoms with Crippen LogP contribution in [0.25, 0.3) is 0 Å². The molecule has 1 fully saturated rings. The van der Waals surface area contributed by atoms with Crippen LogP contribution in [0, 0.1) is 0 Å². The number of rotatable bonds is 0. The van der Waals surface area contributed by atoms with Gasteiger partial charge in [0.1, 0.15) is 0 Å². The van der Waals surface area contributed by atoms with Gasteiger partial charge in [0.05, 0.1) is 0 Å². The van der Waals surface area contributed by atoms with Gasteiger partial charge in [-0.3, -0.25) is 0 Å². The number of alkyl halides is 3. The third kappa shape index (κ3) is 1.74. The molecule has 1 rings (SSSR count). The zero-order chi connectivity index (χ0) is 6.15. The maximum absolute atomic E-state index is 5.91. The fourth-order valence-electron chi connectivity index (χ4n) is 0.880. The maximum atomic E-state index is 5.91. The van der Waals surface area contributed by atoms with Gasteiger partial charge in [-0.25, -0.2) is 0 Å². The highest BCUT2D eigenvalue weighted by Gasteiger charge is 2.28. The molecule has 3 unspecified atom stereocenters. The number of hydrogen-bond acceptors (Lipinski definition) is 0. The lowest BCUT2D eigenvalue weighted by atomic mass is 10.4. The molecule has 3 atom stereocenters. The van der Waals surface area contributed by atoms with Crippen molar-refractivity contribution in [3.05, 3.63) is 0 Å². The van der Waals surface area contributed by atoms with Crippen LogP contribution in [0.15, 0.2) is 0 Å². The number of hydrogen-bond donors (Lipinski definition) is 0. The highest BCUT2D eigenvalue weighted by molar-refractivity contribution is 14.1. The van der Waals surface area contributed by atoms with Gasteiger partial charge in [-0.15, -0.1) is 11.6 Å². The van der Waals surface area contributed by atoms with E-state index < -0.39 is 0 Å². The predicted molar refractivity (Wildman–Crippen MR) is 49.4 cm³/mol. The summed E-state index contributed by atoms with van der Waals surface area (Å²) in [5, 5.41) is 0.372. The molecule has 0 aromatic rings. The van der Waals surface area contributed by atoms with Gasteiger partial charge in [0.15, 0.2) is 0 Å². The third-order valence-electron chi connectivity index (χ3n) is 1.35. The van der Waals surface area contributed by atoms with Crippen LogP contribution in [0.5, 0.6) is 0 Å². The molecule has 0 radical (unpaired) electrons. The molecule has 0 bridgehead atoms. The molecule has 0 saturated heterocycles. The van der Waals surface area contributed by atoms with Crippen LogP contribution in [-0.4, -0.2) is 14.1 Å². The van der Waals surface area contributed by atoms with E-state index in [0.29, 0.717) is 10.2 Å². The first-order valence-electron chi connectivity index (χ1n) is 2.62. The van der Waals surface area contributed by atoms with Crippen molar-refractivity contribution in [3.8, 4) is 0 Å². The van der Waals surface area contributed by atoms with Gasteiger partial charge in [0.2, 0.25) is 0 Å². The van der Waals surface area contributed by atoms with Gasteiger partial charge >= 0.3 is 0 Å². The molecular formula is C5H7BrClI. The summed E-state index contributed by atoms with van der Waals surface area (Å²) < 4.78 is 0.791. The van der Waals surface area contributed by atoms with Gasteiger partial charge in [-0.05, 0) is 12.8 Å². The Bertz CT molecular complexity index is 78.5. The average molecular weight is 309 g/mol. The lowest BCUT2D eigenvalue weighted by Gasteiger charge is -2.00. The monoisotopic (exact) mass is 308 g/mol. The second kappa shape index (κ2) is 3.06. The molecular weight excluding hydrogens is 302 g/mol. The third-order valence-corrected chi connectivity index (χ3v) is 4.17. The van der Waals surface area contributed by atoms with Gasteiger partial charge in [0, 0.05) is 14.1 Å². The van der Waals surface area contributed by atoms with Crippen molar-refractivity contribution < 1.29 is 0 Å².